The molecule has 0 saturated carbocycles. The largest absolute Gasteiger partial charge is 0.504 e. The van der Waals surface area contributed by atoms with E-state index in [-0.39, 0.29) is 35.6 Å². The van der Waals surface area contributed by atoms with E-state index in [1.165, 1.54) is 19.2 Å². The van der Waals surface area contributed by atoms with E-state index in [0.717, 1.165) is 38.0 Å². The van der Waals surface area contributed by atoms with Crippen molar-refractivity contribution in [3.05, 3.63) is 81.7 Å². The van der Waals surface area contributed by atoms with Crippen molar-refractivity contribution in [1.29, 1.82) is 0 Å². The zero-order valence-corrected chi connectivity index (χ0v) is 20.4. The van der Waals surface area contributed by atoms with E-state index in [4.69, 9.17) is 9.15 Å². The summed E-state index contributed by atoms with van der Waals surface area (Å²) >= 11 is 0. The lowest BCUT2D eigenvalue weighted by molar-refractivity contribution is -0.122. The van der Waals surface area contributed by atoms with Crippen molar-refractivity contribution in [2.45, 2.75) is 44.7 Å². The summed E-state index contributed by atoms with van der Waals surface area (Å²) in [6.45, 7) is 4.14. The van der Waals surface area contributed by atoms with Crippen LogP contribution in [0.2, 0.25) is 0 Å². The fourth-order valence-electron chi connectivity index (χ4n) is 4.59. The van der Waals surface area contributed by atoms with Crippen molar-refractivity contribution in [2.75, 3.05) is 20.2 Å². The number of piperidine rings is 1. The number of aryl methyl sites for hydroxylation is 1. The van der Waals surface area contributed by atoms with Gasteiger partial charge in [-0.25, -0.2) is 0 Å². The van der Waals surface area contributed by atoms with E-state index in [2.05, 4.69) is 21.3 Å². The molecule has 1 aliphatic heterocycles. The van der Waals surface area contributed by atoms with Crippen LogP contribution in [0.15, 0.2) is 58.0 Å². The number of benzene rings is 1. The van der Waals surface area contributed by atoms with Crippen LogP contribution in [-0.4, -0.2) is 52.2 Å². The number of nitrogens with one attached hydrogen (secondary N) is 1. The van der Waals surface area contributed by atoms with Crippen LogP contribution >= 0.6 is 0 Å². The summed E-state index contributed by atoms with van der Waals surface area (Å²) in [5, 5.41) is 23.6. The van der Waals surface area contributed by atoms with Gasteiger partial charge in [0.1, 0.15) is 5.76 Å². The van der Waals surface area contributed by atoms with Gasteiger partial charge in [-0.3, -0.25) is 19.5 Å². The standard InChI is InChI=1S/C27H31N3O6/c1-17-12-23(32)26(34)27(36-17)21(19-5-6-22(31)24(13-19)35-2)14-25(33)29-20-7-10-30(11-8-20)16-18-4-3-9-28-15-18/h3-6,9,12-13,15,20-21,31,34H,7-8,10-11,14,16H2,1-2H3,(H,29,33)/t21-/m1/s1. The van der Waals surface area contributed by atoms with Gasteiger partial charge in [-0.2, -0.15) is 0 Å². The van der Waals surface area contributed by atoms with E-state index in [9.17, 15) is 19.8 Å². The molecule has 9 heteroatoms. The van der Waals surface area contributed by atoms with Crippen molar-refractivity contribution in [3.8, 4) is 17.2 Å². The summed E-state index contributed by atoms with van der Waals surface area (Å²) in [4.78, 5) is 31.9. The zero-order valence-electron chi connectivity index (χ0n) is 20.4. The lowest BCUT2D eigenvalue weighted by atomic mass is 9.91. The number of likely N-dealkylation sites (tertiary alicyclic amines) is 1. The first-order valence-corrected chi connectivity index (χ1v) is 11.9. The summed E-state index contributed by atoms with van der Waals surface area (Å²) in [5.41, 5.74) is 1.15. The van der Waals surface area contributed by atoms with Gasteiger partial charge < -0.3 is 24.7 Å². The van der Waals surface area contributed by atoms with Crippen LogP contribution in [0.4, 0.5) is 0 Å². The molecule has 9 nitrogen and oxygen atoms in total. The molecule has 0 unspecified atom stereocenters. The number of ether oxygens (including phenoxy) is 1. The van der Waals surface area contributed by atoms with Gasteiger partial charge in [-0.05, 0) is 49.1 Å². The summed E-state index contributed by atoms with van der Waals surface area (Å²) in [6, 6.07) is 9.85. The number of methoxy groups -OCH3 is 1. The molecule has 36 heavy (non-hydrogen) atoms. The maximum atomic E-state index is 13.1. The Hall–Kier alpha value is -3.85. The van der Waals surface area contributed by atoms with Crippen LogP contribution in [0, 0.1) is 6.92 Å². The minimum atomic E-state index is -0.752. The normalized spacial score (nSPS) is 15.4. The topological polar surface area (TPSA) is 125 Å². The van der Waals surface area contributed by atoms with Gasteiger partial charge in [0.15, 0.2) is 17.3 Å². The van der Waals surface area contributed by atoms with Crippen LogP contribution < -0.4 is 15.5 Å². The number of hydrogen-bond acceptors (Lipinski definition) is 8. The molecule has 0 radical (unpaired) electrons. The molecule has 1 aromatic carbocycles. The molecule has 3 heterocycles. The number of hydrogen-bond donors (Lipinski definition) is 3. The summed E-state index contributed by atoms with van der Waals surface area (Å²) < 4.78 is 10.9. The Bertz CT molecular complexity index is 1250. The lowest BCUT2D eigenvalue weighted by Crippen LogP contribution is -2.44. The SMILES string of the molecule is COc1cc([C@@H](CC(=O)NC2CCN(Cc3cccnc3)CC2)c2oc(C)cc(=O)c2O)ccc1O. The molecule has 1 fully saturated rings. The van der Waals surface area contributed by atoms with Crippen molar-refractivity contribution in [1.82, 2.24) is 15.2 Å². The Morgan fingerprint density at radius 1 is 1.25 bits per heavy atom. The van der Waals surface area contributed by atoms with Crippen molar-refractivity contribution < 1.29 is 24.2 Å². The number of phenolic OH excluding ortho intramolecular Hbond substituents is 1. The molecule has 3 N–H and O–H groups in total. The van der Waals surface area contributed by atoms with Gasteiger partial charge in [0, 0.05) is 50.6 Å². The van der Waals surface area contributed by atoms with Crippen molar-refractivity contribution >= 4 is 5.91 Å². The van der Waals surface area contributed by atoms with Crippen LogP contribution in [-0.2, 0) is 11.3 Å². The number of phenols is 1. The Balaban J connectivity index is 1.47. The summed E-state index contributed by atoms with van der Waals surface area (Å²) in [5.74, 6) is -1.02. The molecule has 0 bridgehead atoms. The molecule has 190 valence electrons. The first-order chi connectivity index (χ1) is 17.3. The summed E-state index contributed by atoms with van der Waals surface area (Å²) in [6.07, 6.45) is 5.20. The second kappa shape index (κ2) is 11.3. The van der Waals surface area contributed by atoms with Crippen molar-refractivity contribution in [2.24, 2.45) is 0 Å². The molecule has 0 aliphatic carbocycles. The first-order valence-electron chi connectivity index (χ1n) is 11.9. The van der Waals surface area contributed by atoms with Gasteiger partial charge in [0.25, 0.3) is 0 Å². The fourth-order valence-corrected chi connectivity index (χ4v) is 4.59. The second-order valence-corrected chi connectivity index (χ2v) is 9.10. The number of carbonyl (C=O) groups excluding carboxylic acids is 1. The Morgan fingerprint density at radius 2 is 2.03 bits per heavy atom. The number of rotatable bonds is 8. The monoisotopic (exact) mass is 493 g/mol. The highest BCUT2D eigenvalue weighted by molar-refractivity contribution is 5.78. The Labute approximate surface area is 209 Å². The maximum absolute atomic E-state index is 13.1. The molecule has 4 rings (SSSR count). The van der Waals surface area contributed by atoms with E-state index in [0.29, 0.717) is 11.3 Å². The molecule has 2 aromatic heterocycles. The molecule has 0 spiro atoms. The van der Waals surface area contributed by atoms with Crippen molar-refractivity contribution in [3.63, 3.8) is 0 Å². The molecular formula is C27H31N3O6. The predicted molar refractivity (Wildman–Crippen MR) is 133 cm³/mol. The van der Waals surface area contributed by atoms with E-state index >= 15 is 0 Å². The van der Waals surface area contributed by atoms with E-state index in [1.807, 2.05) is 12.3 Å². The molecular weight excluding hydrogens is 462 g/mol. The number of amides is 1. The Morgan fingerprint density at radius 3 is 2.72 bits per heavy atom. The maximum Gasteiger partial charge on any atom is 0.227 e. The fraction of sp³-hybridized carbons (Fsp3) is 0.370. The first kappa shape index (κ1) is 25.2. The number of aromatic hydroxyl groups is 2. The number of aromatic nitrogens is 1. The van der Waals surface area contributed by atoms with E-state index < -0.39 is 17.1 Å². The summed E-state index contributed by atoms with van der Waals surface area (Å²) in [7, 11) is 1.42. The van der Waals surface area contributed by atoms with Crippen LogP contribution in [0.5, 0.6) is 17.2 Å². The highest BCUT2D eigenvalue weighted by atomic mass is 16.5. The molecule has 1 aliphatic rings. The lowest BCUT2D eigenvalue weighted by Gasteiger charge is -2.32. The highest BCUT2D eigenvalue weighted by Gasteiger charge is 2.28. The highest BCUT2D eigenvalue weighted by Crippen LogP contribution is 2.37. The zero-order chi connectivity index (χ0) is 25.7. The van der Waals surface area contributed by atoms with Crippen LogP contribution in [0.3, 0.4) is 0 Å². The molecule has 3 aromatic rings. The number of pyridine rings is 1. The van der Waals surface area contributed by atoms with Gasteiger partial charge >= 0.3 is 0 Å². The minimum Gasteiger partial charge on any atom is -0.504 e. The average Bonchev–Trinajstić information content (AvgIpc) is 2.87. The van der Waals surface area contributed by atoms with Gasteiger partial charge in [-0.1, -0.05) is 12.1 Å². The third-order valence-corrected chi connectivity index (χ3v) is 6.47. The molecule has 1 saturated heterocycles. The average molecular weight is 494 g/mol. The second-order valence-electron chi connectivity index (χ2n) is 9.10. The smallest absolute Gasteiger partial charge is 0.227 e. The van der Waals surface area contributed by atoms with Gasteiger partial charge in [0.2, 0.25) is 17.1 Å². The van der Waals surface area contributed by atoms with E-state index in [1.54, 1.807) is 25.3 Å². The quantitative estimate of drug-likeness (QED) is 0.437. The van der Waals surface area contributed by atoms with Gasteiger partial charge in [0.05, 0.1) is 13.0 Å². The third-order valence-electron chi connectivity index (χ3n) is 6.47. The molecule has 1 atom stereocenters. The van der Waals surface area contributed by atoms with Gasteiger partial charge in [-0.15, -0.1) is 0 Å². The predicted octanol–water partition coefficient (Wildman–Crippen LogP) is 3.07. The van der Waals surface area contributed by atoms with Crippen LogP contribution in [0.1, 0.15) is 47.8 Å². The Kier molecular flexibility index (Phi) is 7.90. The van der Waals surface area contributed by atoms with Crippen LogP contribution in [0.25, 0.3) is 0 Å². The number of nitrogens with zero attached hydrogens (tertiary/aromatic N) is 2. The minimum absolute atomic E-state index is 0.00850. The molecule has 1 amide bonds. The third kappa shape index (κ3) is 6.04. The number of carbonyl (C=O) groups is 1.